The Morgan fingerprint density at radius 2 is 2.00 bits per heavy atom. The van der Waals surface area contributed by atoms with E-state index in [4.69, 9.17) is 4.74 Å². The van der Waals surface area contributed by atoms with Crippen molar-refractivity contribution < 1.29 is 9.53 Å². The number of amides is 1. The molecule has 1 amide bonds. The third-order valence-corrected chi connectivity index (χ3v) is 5.10. The predicted octanol–water partition coefficient (Wildman–Crippen LogP) is 5.35. The number of halogens is 1. The first-order valence-electron chi connectivity index (χ1n) is 7.74. The molecule has 2 aromatic carbocycles. The molecule has 4 nitrogen and oxygen atoms in total. The predicted molar refractivity (Wildman–Crippen MR) is 104 cm³/mol. The summed E-state index contributed by atoms with van der Waals surface area (Å²) < 4.78 is 6.68. The Hall–Kier alpha value is -2.18. The third kappa shape index (κ3) is 4.67. The van der Waals surface area contributed by atoms with E-state index in [2.05, 4.69) is 26.2 Å². The highest BCUT2D eigenvalue weighted by molar-refractivity contribution is 9.10. The summed E-state index contributed by atoms with van der Waals surface area (Å²) in [5, 5.41) is 3.67. The molecule has 1 heterocycles. The molecule has 0 aliphatic heterocycles. The summed E-state index contributed by atoms with van der Waals surface area (Å²) in [4.78, 5) is 17.5. The molecule has 3 aromatic rings. The van der Waals surface area contributed by atoms with Crippen molar-refractivity contribution in [2.24, 2.45) is 0 Å². The summed E-state index contributed by atoms with van der Waals surface area (Å²) in [5.41, 5.74) is 2.59. The van der Waals surface area contributed by atoms with Crippen LogP contribution < -0.4 is 10.1 Å². The standard InChI is InChI=1S/C19H17BrN2O2S/c1-12-5-3-8-16(9-12)24-11-17-21-13(2)18(25-17)19(23)22-15-7-4-6-14(20)10-15/h3-10H,11H2,1-2H3,(H,22,23). The normalized spacial score (nSPS) is 10.5. The molecule has 25 heavy (non-hydrogen) atoms. The summed E-state index contributed by atoms with van der Waals surface area (Å²) in [6.07, 6.45) is 0. The lowest BCUT2D eigenvalue weighted by Gasteiger charge is -2.04. The van der Waals surface area contributed by atoms with E-state index < -0.39 is 0 Å². The SMILES string of the molecule is Cc1cccc(OCc2nc(C)c(C(=O)Nc3cccc(Br)c3)s2)c1. The molecule has 0 aliphatic carbocycles. The Labute approximate surface area is 159 Å². The number of thiazole rings is 1. The minimum Gasteiger partial charge on any atom is -0.486 e. The second-order valence-electron chi connectivity index (χ2n) is 5.59. The summed E-state index contributed by atoms with van der Waals surface area (Å²) >= 11 is 4.75. The van der Waals surface area contributed by atoms with E-state index in [0.717, 1.165) is 26.5 Å². The van der Waals surface area contributed by atoms with Gasteiger partial charge < -0.3 is 10.1 Å². The fraction of sp³-hybridized carbons (Fsp3) is 0.158. The van der Waals surface area contributed by atoms with Gasteiger partial charge in [0.25, 0.3) is 5.91 Å². The van der Waals surface area contributed by atoms with Gasteiger partial charge in [-0.15, -0.1) is 11.3 Å². The Morgan fingerprint density at radius 1 is 1.20 bits per heavy atom. The van der Waals surface area contributed by atoms with Crippen LogP contribution >= 0.6 is 27.3 Å². The first kappa shape index (κ1) is 17.6. The fourth-order valence-electron chi connectivity index (χ4n) is 2.33. The lowest BCUT2D eigenvalue weighted by atomic mass is 10.2. The van der Waals surface area contributed by atoms with Crippen LogP contribution in [0, 0.1) is 13.8 Å². The van der Waals surface area contributed by atoms with Gasteiger partial charge in [0, 0.05) is 10.2 Å². The van der Waals surface area contributed by atoms with Crippen molar-refractivity contribution in [2.75, 3.05) is 5.32 Å². The van der Waals surface area contributed by atoms with Gasteiger partial charge >= 0.3 is 0 Å². The van der Waals surface area contributed by atoms with E-state index in [1.807, 2.05) is 62.4 Å². The number of carbonyl (C=O) groups is 1. The van der Waals surface area contributed by atoms with Crippen molar-refractivity contribution >= 4 is 38.9 Å². The number of hydrogen-bond acceptors (Lipinski definition) is 4. The molecule has 0 aliphatic rings. The molecule has 0 bridgehead atoms. The molecule has 6 heteroatoms. The Balaban J connectivity index is 1.68. The monoisotopic (exact) mass is 416 g/mol. The van der Waals surface area contributed by atoms with E-state index in [1.165, 1.54) is 11.3 Å². The van der Waals surface area contributed by atoms with E-state index in [1.54, 1.807) is 0 Å². The van der Waals surface area contributed by atoms with E-state index in [0.29, 0.717) is 17.2 Å². The molecule has 0 radical (unpaired) electrons. The lowest BCUT2D eigenvalue weighted by molar-refractivity contribution is 0.103. The molecule has 0 spiro atoms. The van der Waals surface area contributed by atoms with Crippen molar-refractivity contribution in [1.82, 2.24) is 4.98 Å². The number of nitrogens with zero attached hydrogens (tertiary/aromatic N) is 1. The van der Waals surface area contributed by atoms with Crippen LogP contribution in [0.2, 0.25) is 0 Å². The molecular weight excluding hydrogens is 400 g/mol. The van der Waals surface area contributed by atoms with Gasteiger partial charge in [0.15, 0.2) is 0 Å². The molecule has 1 aromatic heterocycles. The van der Waals surface area contributed by atoms with Crippen LogP contribution in [-0.4, -0.2) is 10.9 Å². The van der Waals surface area contributed by atoms with Crippen molar-refractivity contribution in [3.8, 4) is 5.75 Å². The van der Waals surface area contributed by atoms with Crippen molar-refractivity contribution in [3.63, 3.8) is 0 Å². The number of ether oxygens (including phenoxy) is 1. The maximum Gasteiger partial charge on any atom is 0.267 e. The number of nitrogens with one attached hydrogen (secondary N) is 1. The van der Waals surface area contributed by atoms with Gasteiger partial charge in [0.1, 0.15) is 22.2 Å². The maximum atomic E-state index is 12.5. The Morgan fingerprint density at radius 3 is 2.76 bits per heavy atom. The van der Waals surface area contributed by atoms with Crippen LogP contribution in [0.1, 0.15) is 25.9 Å². The second kappa shape index (κ2) is 7.80. The molecule has 0 atom stereocenters. The van der Waals surface area contributed by atoms with Gasteiger partial charge in [0.2, 0.25) is 0 Å². The number of aromatic nitrogens is 1. The zero-order valence-corrected chi connectivity index (χ0v) is 16.3. The van der Waals surface area contributed by atoms with Gasteiger partial charge in [-0.05, 0) is 49.7 Å². The highest BCUT2D eigenvalue weighted by atomic mass is 79.9. The Bertz CT molecular complexity index is 908. The average Bonchev–Trinajstić information content (AvgIpc) is 2.94. The van der Waals surface area contributed by atoms with Crippen molar-refractivity contribution in [1.29, 1.82) is 0 Å². The summed E-state index contributed by atoms with van der Waals surface area (Å²) in [7, 11) is 0. The van der Waals surface area contributed by atoms with Crippen LogP contribution in [0.15, 0.2) is 53.0 Å². The van der Waals surface area contributed by atoms with Crippen LogP contribution in [0.4, 0.5) is 5.69 Å². The number of aryl methyl sites for hydroxylation is 2. The van der Waals surface area contributed by atoms with Gasteiger partial charge in [0.05, 0.1) is 5.69 Å². The van der Waals surface area contributed by atoms with E-state index in [-0.39, 0.29) is 5.91 Å². The Kier molecular flexibility index (Phi) is 5.50. The minimum atomic E-state index is -0.157. The maximum absolute atomic E-state index is 12.5. The smallest absolute Gasteiger partial charge is 0.267 e. The van der Waals surface area contributed by atoms with Crippen LogP contribution in [0.3, 0.4) is 0 Å². The summed E-state index contributed by atoms with van der Waals surface area (Å²) in [6.45, 7) is 4.20. The summed E-state index contributed by atoms with van der Waals surface area (Å²) in [5.74, 6) is 0.642. The molecule has 0 saturated heterocycles. The molecule has 0 fully saturated rings. The van der Waals surface area contributed by atoms with Crippen LogP contribution in [0.25, 0.3) is 0 Å². The molecule has 0 saturated carbocycles. The molecular formula is C19H17BrN2O2S. The lowest BCUT2D eigenvalue weighted by Crippen LogP contribution is -2.11. The fourth-order valence-corrected chi connectivity index (χ4v) is 3.60. The first-order chi connectivity index (χ1) is 12.0. The highest BCUT2D eigenvalue weighted by Gasteiger charge is 2.16. The average molecular weight is 417 g/mol. The van der Waals surface area contributed by atoms with Crippen LogP contribution in [-0.2, 0) is 6.61 Å². The van der Waals surface area contributed by atoms with Crippen molar-refractivity contribution in [2.45, 2.75) is 20.5 Å². The highest BCUT2D eigenvalue weighted by Crippen LogP contribution is 2.23. The van der Waals surface area contributed by atoms with E-state index in [9.17, 15) is 4.79 Å². The largest absolute Gasteiger partial charge is 0.486 e. The molecule has 128 valence electrons. The van der Waals surface area contributed by atoms with Gasteiger partial charge in [-0.25, -0.2) is 4.98 Å². The third-order valence-electron chi connectivity index (χ3n) is 3.48. The molecule has 1 N–H and O–H groups in total. The summed E-state index contributed by atoms with van der Waals surface area (Å²) in [6, 6.07) is 15.3. The number of rotatable bonds is 5. The van der Waals surface area contributed by atoms with Gasteiger partial charge in [-0.2, -0.15) is 0 Å². The zero-order chi connectivity index (χ0) is 17.8. The minimum absolute atomic E-state index is 0.157. The molecule has 3 rings (SSSR count). The zero-order valence-electron chi connectivity index (χ0n) is 13.9. The second-order valence-corrected chi connectivity index (χ2v) is 7.59. The number of benzene rings is 2. The van der Waals surface area contributed by atoms with Crippen LogP contribution in [0.5, 0.6) is 5.75 Å². The quantitative estimate of drug-likeness (QED) is 0.609. The van der Waals surface area contributed by atoms with Gasteiger partial charge in [-0.3, -0.25) is 4.79 Å². The first-order valence-corrected chi connectivity index (χ1v) is 9.35. The number of anilines is 1. The number of carbonyl (C=O) groups excluding carboxylic acids is 1. The van der Waals surface area contributed by atoms with E-state index >= 15 is 0 Å². The van der Waals surface area contributed by atoms with Crippen molar-refractivity contribution in [3.05, 3.63) is 74.1 Å². The van der Waals surface area contributed by atoms with Gasteiger partial charge in [-0.1, -0.05) is 34.1 Å². The number of hydrogen-bond donors (Lipinski definition) is 1. The molecule has 0 unspecified atom stereocenters. The topological polar surface area (TPSA) is 51.2 Å².